The Balaban J connectivity index is 1.23. The fourth-order valence-electron chi connectivity index (χ4n) is 4.54. The van der Waals surface area contributed by atoms with Crippen molar-refractivity contribution in [1.82, 2.24) is 20.3 Å². The Labute approximate surface area is 221 Å². The minimum Gasteiger partial charge on any atom is -0.485 e. The molecule has 0 fully saturated rings. The van der Waals surface area contributed by atoms with Gasteiger partial charge in [0.05, 0.1) is 41.1 Å². The van der Waals surface area contributed by atoms with E-state index in [9.17, 15) is 4.79 Å². The van der Waals surface area contributed by atoms with Crippen LogP contribution in [0.15, 0.2) is 54.7 Å². The van der Waals surface area contributed by atoms with Crippen LogP contribution in [0.5, 0.6) is 11.6 Å². The number of hydrogen-bond acceptors (Lipinski definition) is 8. The van der Waals surface area contributed by atoms with Gasteiger partial charge >= 0.3 is 6.09 Å². The first-order chi connectivity index (χ1) is 18.5. The molecule has 3 aromatic carbocycles. The molecule has 1 amide bonds. The van der Waals surface area contributed by atoms with Crippen LogP contribution in [0.1, 0.15) is 16.7 Å². The molecule has 0 saturated carbocycles. The molecule has 1 atom stereocenters. The molecule has 0 spiro atoms. The summed E-state index contributed by atoms with van der Waals surface area (Å²) < 4.78 is 32.2. The Morgan fingerprint density at radius 2 is 2.03 bits per heavy atom. The topological polar surface area (TPSA) is 95.5 Å². The zero-order chi connectivity index (χ0) is 26.2. The number of nitrogens with zero attached hydrogens (tertiary/aromatic N) is 3. The van der Waals surface area contributed by atoms with E-state index in [-0.39, 0.29) is 18.9 Å². The molecule has 0 unspecified atom stereocenters. The molecule has 0 saturated heterocycles. The maximum atomic E-state index is 15.0. The smallest absolute Gasteiger partial charge is 0.407 e. The number of aryl methyl sites for hydroxylation is 1. The highest BCUT2D eigenvalue weighted by molar-refractivity contribution is 7.22. The number of benzene rings is 3. The van der Waals surface area contributed by atoms with E-state index in [2.05, 4.69) is 15.3 Å². The monoisotopic (exact) mass is 530 g/mol. The molecular formula is C28H23FN4O4S. The number of amides is 1. The van der Waals surface area contributed by atoms with Gasteiger partial charge in [0.15, 0.2) is 11.6 Å². The van der Waals surface area contributed by atoms with Crippen molar-refractivity contribution in [3.8, 4) is 22.2 Å². The summed E-state index contributed by atoms with van der Waals surface area (Å²) in [5.74, 6) is 0.159. The van der Waals surface area contributed by atoms with Crippen LogP contribution in [0.2, 0.25) is 0 Å². The van der Waals surface area contributed by atoms with E-state index in [0.29, 0.717) is 33.9 Å². The molecule has 8 nitrogen and oxygen atoms in total. The van der Waals surface area contributed by atoms with Crippen molar-refractivity contribution in [2.45, 2.75) is 26.1 Å². The third-order valence-electron chi connectivity index (χ3n) is 6.29. The van der Waals surface area contributed by atoms with Crippen molar-refractivity contribution >= 4 is 38.7 Å². The van der Waals surface area contributed by atoms with Gasteiger partial charge in [-0.15, -0.1) is 11.3 Å². The Morgan fingerprint density at radius 3 is 2.84 bits per heavy atom. The zero-order valence-corrected chi connectivity index (χ0v) is 21.5. The third-order valence-corrected chi connectivity index (χ3v) is 7.46. The van der Waals surface area contributed by atoms with E-state index in [0.717, 1.165) is 27.0 Å². The van der Waals surface area contributed by atoms with Crippen LogP contribution in [0.25, 0.3) is 31.8 Å². The van der Waals surface area contributed by atoms with Crippen molar-refractivity contribution in [2.24, 2.45) is 0 Å². The van der Waals surface area contributed by atoms with Crippen molar-refractivity contribution in [1.29, 1.82) is 0 Å². The van der Waals surface area contributed by atoms with Gasteiger partial charge in [-0.2, -0.15) is 0 Å². The number of hydrogen-bond donors (Lipinski definition) is 1. The number of nitrogens with one attached hydrogen (secondary N) is 1. The fourth-order valence-corrected chi connectivity index (χ4v) is 5.65. The molecule has 1 N–H and O–H groups in total. The van der Waals surface area contributed by atoms with Gasteiger partial charge in [-0.3, -0.25) is 0 Å². The van der Waals surface area contributed by atoms with E-state index in [1.807, 2.05) is 49.4 Å². The van der Waals surface area contributed by atoms with Crippen LogP contribution in [0.4, 0.5) is 9.18 Å². The van der Waals surface area contributed by atoms with Gasteiger partial charge < -0.3 is 19.5 Å². The number of carbonyl (C=O) groups is 1. The zero-order valence-electron chi connectivity index (χ0n) is 20.7. The average molecular weight is 531 g/mol. The van der Waals surface area contributed by atoms with Crippen LogP contribution >= 0.6 is 11.3 Å². The van der Waals surface area contributed by atoms with Crippen LogP contribution in [0, 0.1) is 12.7 Å². The van der Waals surface area contributed by atoms with Gasteiger partial charge in [-0.1, -0.05) is 30.3 Å². The number of halogens is 1. The first-order valence-corrected chi connectivity index (χ1v) is 12.8. The normalized spacial score (nSPS) is 14.3. The number of methoxy groups -OCH3 is 1. The van der Waals surface area contributed by atoms with Crippen LogP contribution in [0.3, 0.4) is 0 Å². The number of fused-ring (bicyclic) bond motifs is 4. The Kier molecular flexibility index (Phi) is 6.24. The summed E-state index contributed by atoms with van der Waals surface area (Å²) in [5, 5.41) is 3.43. The molecule has 0 radical (unpaired) electrons. The predicted molar refractivity (Wildman–Crippen MR) is 142 cm³/mol. The standard InChI is InChI=1S/C28H23FN4O4S/c1-15-8-18(24-21(9-15)32-23(35-2)13-30-24)27-33-22-11-20(29)25-19(26(22)38-27)10-17(37-25)12-31-28(34)36-14-16-6-4-3-5-7-16/h3-9,11,13,17H,10,12,14H2,1-2H3,(H,31,34)/t17-/m0/s1. The first-order valence-electron chi connectivity index (χ1n) is 12.0. The summed E-state index contributed by atoms with van der Waals surface area (Å²) >= 11 is 1.46. The first kappa shape index (κ1) is 24.1. The van der Waals surface area contributed by atoms with E-state index in [1.165, 1.54) is 17.4 Å². The van der Waals surface area contributed by atoms with E-state index in [1.54, 1.807) is 13.3 Å². The molecule has 6 rings (SSSR count). The summed E-state index contributed by atoms with van der Waals surface area (Å²) in [6.45, 7) is 2.34. The molecule has 192 valence electrons. The van der Waals surface area contributed by atoms with Crippen molar-refractivity contribution in [3.63, 3.8) is 0 Å². The molecule has 2 aromatic heterocycles. The van der Waals surface area contributed by atoms with Gasteiger partial charge in [-0.25, -0.2) is 24.1 Å². The number of alkyl carbamates (subject to hydrolysis) is 1. The summed E-state index contributed by atoms with van der Waals surface area (Å²) in [6.07, 6.45) is 1.04. The lowest BCUT2D eigenvalue weighted by Gasteiger charge is -2.12. The van der Waals surface area contributed by atoms with Gasteiger partial charge in [0, 0.05) is 23.6 Å². The van der Waals surface area contributed by atoms with E-state index in [4.69, 9.17) is 19.2 Å². The van der Waals surface area contributed by atoms with Gasteiger partial charge in [0.1, 0.15) is 17.7 Å². The molecule has 5 aromatic rings. The van der Waals surface area contributed by atoms with Crippen molar-refractivity contribution in [3.05, 3.63) is 77.2 Å². The highest BCUT2D eigenvalue weighted by Crippen LogP contribution is 2.43. The van der Waals surface area contributed by atoms with E-state index >= 15 is 4.39 Å². The lowest BCUT2D eigenvalue weighted by atomic mass is 10.1. The summed E-state index contributed by atoms with van der Waals surface area (Å²) in [7, 11) is 1.55. The highest BCUT2D eigenvalue weighted by atomic mass is 32.1. The number of thiazole rings is 1. The SMILES string of the molecule is COc1cnc2c(-c3nc4cc(F)c5c(c4s3)C[C@@H](CNC(=O)OCc3ccccc3)O5)cc(C)cc2n1. The molecular weight excluding hydrogens is 507 g/mol. The second-order valence-electron chi connectivity index (χ2n) is 9.01. The minimum absolute atomic E-state index is 0.169. The van der Waals surface area contributed by atoms with Crippen molar-refractivity contribution in [2.75, 3.05) is 13.7 Å². The summed E-state index contributed by atoms with van der Waals surface area (Å²) in [5.41, 5.74) is 5.41. The molecule has 0 bridgehead atoms. The van der Waals surface area contributed by atoms with Crippen LogP contribution in [-0.2, 0) is 17.8 Å². The Hall–Kier alpha value is -4.31. The minimum atomic E-state index is -0.553. The predicted octanol–water partition coefficient (Wildman–Crippen LogP) is 5.59. The summed E-state index contributed by atoms with van der Waals surface area (Å²) in [6, 6.07) is 14.8. The van der Waals surface area contributed by atoms with Crippen LogP contribution < -0.4 is 14.8 Å². The lowest BCUT2D eigenvalue weighted by molar-refractivity contribution is 0.133. The molecule has 10 heteroatoms. The lowest BCUT2D eigenvalue weighted by Crippen LogP contribution is -2.34. The maximum absolute atomic E-state index is 15.0. The van der Waals surface area contributed by atoms with Gasteiger partial charge in [0.2, 0.25) is 5.88 Å². The van der Waals surface area contributed by atoms with Crippen LogP contribution in [-0.4, -0.2) is 40.8 Å². The second-order valence-corrected chi connectivity index (χ2v) is 10.0. The second kappa shape index (κ2) is 9.86. The molecule has 3 heterocycles. The van der Waals surface area contributed by atoms with Gasteiger partial charge in [-0.05, 0) is 30.2 Å². The number of aromatic nitrogens is 3. The Bertz CT molecular complexity index is 1670. The summed E-state index contributed by atoms with van der Waals surface area (Å²) in [4.78, 5) is 26.0. The molecule has 1 aliphatic rings. The number of carbonyl (C=O) groups excluding carboxylic acids is 1. The third kappa shape index (κ3) is 4.58. The average Bonchev–Trinajstić information content (AvgIpc) is 3.55. The van der Waals surface area contributed by atoms with Gasteiger partial charge in [0.25, 0.3) is 0 Å². The quantitative estimate of drug-likeness (QED) is 0.306. The number of ether oxygens (including phenoxy) is 3. The molecule has 1 aliphatic heterocycles. The number of rotatable bonds is 6. The maximum Gasteiger partial charge on any atom is 0.407 e. The molecule has 0 aliphatic carbocycles. The highest BCUT2D eigenvalue weighted by Gasteiger charge is 2.30. The van der Waals surface area contributed by atoms with E-state index < -0.39 is 18.0 Å². The fraction of sp³-hybridized carbons (Fsp3) is 0.214. The van der Waals surface area contributed by atoms with Crippen molar-refractivity contribution < 1.29 is 23.4 Å². The molecule has 38 heavy (non-hydrogen) atoms. The Morgan fingerprint density at radius 1 is 1.18 bits per heavy atom. The largest absolute Gasteiger partial charge is 0.485 e.